The third-order valence-corrected chi connectivity index (χ3v) is 2.64. The highest BCUT2D eigenvalue weighted by molar-refractivity contribution is 5.92. The molecule has 0 bridgehead atoms. The van der Waals surface area contributed by atoms with Gasteiger partial charge in [0.1, 0.15) is 11.5 Å². The second kappa shape index (κ2) is 5.60. The van der Waals surface area contributed by atoms with E-state index in [1.54, 1.807) is 18.2 Å². The summed E-state index contributed by atoms with van der Waals surface area (Å²) in [4.78, 5) is 15.8. The van der Waals surface area contributed by atoms with Gasteiger partial charge in [0.05, 0.1) is 6.10 Å². The topological polar surface area (TPSA) is 89.3 Å². The van der Waals surface area contributed by atoms with E-state index in [2.05, 4.69) is 15.7 Å². The molecule has 2 heterocycles. The number of aromatic nitrogens is 1. The molecule has 1 saturated heterocycles. The summed E-state index contributed by atoms with van der Waals surface area (Å²) >= 11 is 0. The van der Waals surface area contributed by atoms with Crippen molar-refractivity contribution in [2.45, 2.75) is 18.9 Å². The van der Waals surface area contributed by atoms with Crippen LogP contribution in [0.25, 0.3) is 0 Å². The van der Waals surface area contributed by atoms with E-state index < -0.39 is 0 Å². The number of rotatable bonds is 4. The summed E-state index contributed by atoms with van der Waals surface area (Å²) in [6.45, 7) is 1.31. The van der Waals surface area contributed by atoms with Crippen molar-refractivity contribution in [1.82, 2.24) is 10.3 Å². The number of nitrogens with zero attached hydrogens (tertiary/aromatic N) is 1. The number of nitrogens with one attached hydrogen (secondary N) is 2. The lowest BCUT2D eigenvalue weighted by molar-refractivity contribution is 0.0854. The van der Waals surface area contributed by atoms with Gasteiger partial charge in [0.2, 0.25) is 0 Å². The van der Waals surface area contributed by atoms with Crippen molar-refractivity contribution in [3.63, 3.8) is 0 Å². The fraction of sp³-hybridized carbons (Fsp3) is 0.455. The second-order valence-electron chi connectivity index (χ2n) is 3.90. The molecule has 0 radical (unpaired) electrons. The first-order chi connectivity index (χ1) is 8.29. The predicted octanol–water partition coefficient (Wildman–Crippen LogP) is 0.276. The van der Waals surface area contributed by atoms with Gasteiger partial charge in [-0.05, 0) is 25.0 Å². The Labute approximate surface area is 99.5 Å². The molecule has 1 fully saturated rings. The zero-order valence-corrected chi connectivity index (χ0v) is 9.48. The van der Waals surface area contributed by atoms with Crippen molar-refractivity contribution in [2.75, 3.05) is 18.6 Å². The Kier molecular flexibility index (Phi) is 3.89. The highest BCUT2D eigenvalue weighted by atomic mass is 16.5. The lowest BCUT2D eigenvalue weighted by Crippen LogP contribution is -2.32. The zero-order chi connectivity index (χ0) is 12.1. The molecule has 0 saturated carbocycles. The molecule has 17 heavy (non-hydrogen) atoms. The highest BCUT2D eigenvalue weighted by Crippen LogP contribution is 2.11. The maximum atomic E-state index is 11.8. The molecule has 1 unspecified atom stereocenters. The Bertz CT molecular complexity index is 391. The Balaban J connectivity index is 1.89. The Morgan fingerprint density at radius 3 is 3.18 bits per heavy atom. The first kappa shape index (κ1) is 11.8. The molecule has 1 aliphatic heterocycles. The van der Waals surface area contributed by atoms with E-state index in [4.69, 9.17) is 10.6 Å². The molecular formula is C11H16N4O2. The van der Waals surface area contributed by atoms with E-state index in [9.17, 15) is 4.79 Å². The van der Waals surface area contributed by atoms with Gasteiger partial charge in [-0.1, -0.05) is 6.07 Å². The summed E-state index contributed by atoms with van der Waals surface area (Å²) in [6.07, 6.45) is 2.19. The molecule has 1 aromatic heterocycles. The van der Waals surface area contributed by atoms with Crippen LogP contribution in [0.4, 0.5) is 5.82 Å². The van der Waals surface area contributed by atoms with Crippen LogP contribution in [0.3, 0.4) is 0 Å². The molecule has 92 valence electrons. The Morgan fingerprint density at radius 1 is 1.59 bits per heavy atom. The summed E-state index contributed by atoms with van der Waals surface area (Å²) in [5.74, 6) is 5.48. The zero-order valence-electron chi connectivity index (χ0n) is 9.48. The van der Waals surface area contributed by atoms with Gasteiger partial charge >= 0.3 is 0 Å². The van der Waals surface area contributed by atoms with Crippen LogP contribution < -0.4 is 16.6 Å². The summed E-state index contributed by atoms with van der Waals surface area (Å²) in [7, 11) is 0. The second-order valence-corrected chi connectivity index (χ2v) is 3.90. The number of amides is 1. The number of hydrogen-bond donors (Lipinski definition) is 3. The minimum atomic E-state index is -0.211. The molecule has 4 N–H and O–H groups in total. The standard InChI is InChI=1S/C11H16N4O2/c12-15-10-5-1-4-9(14-10)11(16)13-7-8-3-2-6-17-8/h1,4-5,8H,2-3,6-7,12H2,(H,13,16)(H,14,15). The van der Waals surface area contributed by atoms with Gasteiger partial charge in [0, 0.05) is 13.2 Å². The van der Waals surface area contributed by atoms with Crippen LogP contribution in [-0.4, -0.2) is 30.1 Å². The van der Waals surface area contributed by atoms with E-state index in [1.807, 2.05) is 0 Å². The molecule has 0 aromatic carbocycles. The molecule has 1 aliphatic rings. The van der Waals surface area contributed by atoms with E-state index in [0.29, 0.717) is 18.1 Å². The molecule has 1 atom stereocenters. The van der Waals surface area contributed by atoms with Crippen LogP contribution >= 0.6 is 0 Å². The fourth-order valence-corrected chi connectivity index (χ4v) is 1.74. The van der Waals surface area contributed by atoms with E-state index in [0.717, 1.165) is 19.4 Å². The van der Waals surface area contributed by atoms with Crippen molar-refractivity contribution in [3.05, 3.63) is 23.9 Å². The van der Waals surface area contributed by atoms with E-state index in [-0.39, 0.29) is 12.0 Å². The Morgan fingerprint density at radius 2 is 2.47 bits per heavy atom. The molecule has 2 rings (SSSR count). The fourth-order valence-electron chi connectivity index (χ4n) is 1.74. The number of carbonyl (C=O) groups is 1. The smallest absolute Gasteiger partial charge is 0.270 e. The quantitative estimate of drug-likeness (QED) is 0.516. The lowest BCUT2D eigenvalue weighted by atomic mass is 10.2. The molecule has 0 aliphatic carbocycles. The third kappa shape index (κ3) is 3.15. The SMILES string of the molecule is NNc1cccc(C(=O)NCC2CCCO2)n1. The van der Waals surface area contributed by atoms with Gasteiger partial charge in [-0.3, -0.25) is 4.79 Å². The van der Waals surface area contributed by atoms with E-state index in [1.165, 1.54) is 0 Å². The predicted molar refractivity (Wildman–Crippen MR) is 63.4 cm³/mol. The first-order valence-corrected chi connectivity index (χ1v) is 5.63. The maximum absolute atomic E-state index is 11.8. The van der Waals surface area contributed by atoms with Crippen molar-refractivity contribution < 1.29 is 9.53 Å². The average molecular weight is 236 g/mol. The van der Waals surface area contributed by atoms with Crippen LogP contribution in [0.1, 0.15) is 23.3 Å². The number of ether oxygens (including phenoxy) is 1. The van der Waals surface area contributed by atoms with Crippen molar-refractivity contribution in [2.24, 2.45) is 5.84 Å². The van der Waals surface area contributed by atoms with Gasteiger partial charge in [-0.2, -0.15) is 0 Å². The highest BCUT2D eigenvalue weighted by Gasteiger charge is 2.17. The summed E-state index contributed by atoms with van der Waals surface area (Å²) < 4.78 is 5.42. The number of anilines is 1. The molecule has 1 amide bonds. The van der Waals surface area contributed by atoms with Crippen molar-refractivity contribution in [3.8, 4) is 0 Å². The average Bonchev–Trinajstić information content (AvgIpc) is 2.89. The number of nitrogens with two attached hydrogens (primary N) is 1. The van der Waals surface area contributed by atoms with E-state index >= 15 is 0 Å². The third-order valence-electron chi connectivity index (χ3n) is 2.64. The van der Waals surface area contributed by atoms with Crippen LogP contribution in [0, 0.1) is 0 Å². The van der Waals surface area contributed by atoms with Gasteiger partial charge in [-0.15, -0.1) is 0 Å². The molecule has 6 nitrogen and oxygen atoms in total. The Hall–Kier alpha value is -1.66. The monoisotopic (exact) mass is 236 g/mol. The van der Waals surface area contributed by atoms with Crippen LogP contribution in [0.5, 0.6) is 0 Å². The number of hydrazine groups is 1. The van der Waals surface area contributed by atoms with Gasteiger partial charge < -0.3 is 15.5 Å². The molecule has 6 heteroatoms. The van der Waals surface area contributed by atoms with Gasteiger partial charge in [-0.25, -0.2) is 10.8 Å². The van der Waals surface area contributed by atoms with Gasteiger partial charge in [0.15, 0.2) is 0 Å². The number of nitrogen functional groups attached to an aromatic ring is 1. The van der Waals surface area contributed by atoms with Crippen LogP contribution in [0.2, 0.25) is 0 Å². The lowest BCUT2D eigenvalue weighted by Gasteiger charge is -2.10. The largest absolute Gasteiger partial charge is 0.376 e. The molecule has 1 aromatic rings. The summed E-state index contributed by atoms with van der Waals surface area (Å²) in [5, 5.41) is 2.80. The minimum absolute atomic E-state index is 0.134. The molecular weight excluding hydrogens is 220 g/mol. The van der Waals surface area contributed by atoms with Crippen LogP contribution in [0.15, 0.2) is 18.2 Å². The van der Waals surface area contributed by atoms with Crippen LogP contribution in [-0.2, 0) is 4.74 Å². The number of carbonyl (C=O) groups excluding carboxylic acids is 1. The number of pyridine rings is 1. The number of hydrogen-bond acceptors (Lipinski definition) is 5. The summed E-state index contributed by atoms with van der Waals surface area (Å²) in [5.41, 5.74) is 2.75. The minimum Gasteiger partial charge on any atom is -0.376 e. The van der Waals surface area contributed by atoms with Crippen molar-refractivity contribution in [1.29, 1.82) is 0 Å². The van der Waals surface area contributed by atoms with Crippen molar-refractivity contribution >= 4 is 11.7 Å². The summed E-state index contributed by atoms with van der Waals surface area (Å²) in [6, 6.07) is 5.06. The maximum Gasteiger partial charge on any atom is 0.270 e. The molecule has 0 spiro atoms. The first-order valence-electron chi connectivity index (χ1n) is 5.63. The van der Waals surface area contributed by atoms with Gasteiger partial charge in [0.25, 0.3) is 5.91 Å². The normalized spacial score (nSPS) is 19.0.